The second kappa shape index (κ2) is 5.96. The van der Waals surface area contributed by atoms with Crippen molar-refractivity contribution in [3.63, 3.8) is 0 Å². The Morgan fingerprint density at radius 3 is 2.71 bits per heavy atom. The molecule has 0 aliphatic carbocycles. The summed E-state index contributed by atoms with van der Waals surface area (Å²) in [6.07, 6.45) is 1.24. The summed E-state index contributed by atoms with van der Waals surface area (Å²) in [4.78, 5) is 16.9. The number of carboxylic acids is 1. The van der Waals surface area contributed by atoms with Crippen LogP contribution in [0.15, 0.2) is 23.2 Å². The number of morpholine rings is 1. The quantitative estimate of drug-likeness (QED) is 0.808. The molecular formula is C12H17N3O5S. The number of hydrogen-bond donors (Lipinski definition) is 1. The monoisotopic (exact) mass is 315 g/mol. The summed E-state index contributed by atoms with van der Waals surface area (Å²) in [6, 6.07) is 2.12. The number of sulfonamides is 1. The van der Waals surface area contributed by atoms with E-state index in [1.165, 1.54) is 32.4 Å². The molecule has 1 aliphatic rings. The van der Waals surface area contributed by atoms with E-state index in [0.29, 0.717) is 19.0 Å². The SMILES string of the molecule is CN(C)S(=O)(=O)c1ccc(N2CCOCC2C(=O)O)nc1. The summed E-state index contributed by atoms with van der Waals surface area (Å²) < 4.78 is 30.1. The average molecular weight is 315 g/mol. The smallest absolute Gasteiger partial charge is 0.328 e. The van der Waals surface area contributed by atoms with Crippen molar-refractivity contribution in [2.45, 2.75) is 10.9 Å². The van der Waals surface area contributed by atoms with Crippen molar-refractivity contribution in [3.05, 3.63) is 18.3 Å². The Bertz CT molecular complexity index is 614. The summed E-state index contributed by atoms with van der Waals surface area (Å²) in [5.41, 5.74) is 0. The summed E-state index contributed by atoms with van der Waals surface area (Å²) >= 11 is 0. The predicted octanol–water partition coefficient (Wildman–Crippen LogP) is -0.378. The number of rotatable bonds is 4. The van der Waals surface area contributed by atoms with Gasteiger partial charge >= 0.3 is 5.97 Å². The lowest BCUT2D eigenvalue weighted by Crippen LogP contribution is -2.50. The van der Waals surface area contributed by atoms with Gasteiger partial charge in [0.25, 0.3) is 0 Å². The van der Waals surface area contributed by atoms with Crippen LogP contribution in [0.5, 0.6) is 0 Å². The molecule has 0 spiro atoms. The van der Waals surface area contributed by atoms with Crippen molar-refractivity contribution >= 4 is 21.8 Å². The zero-order chi connectivity index (χ0) is 15.6. The van der Waals surface area contributed by atoms with Crippen molar-refractivity contribution in [3.8, 4) is 0 Å². The number of pyridine rings is 1. The summed E-state index contributed by atoms with van der Waals surface area (Å²) in [5, 5.41) is 9.17. The van der Waals surface area contributed by atoms with Crippen LogP contribution in [0.4, 0.5) is 5.82 Å². The zero-order valence-electron chi connectivity index (χ0n) is 11.8. The first-order valence-corrected chi connectivity index (χ1v) is 7.74. The maximum Gasteiger partial charge on any atom is 0.328 e. The summed E-state index contributed by atoms with van der Waals surface area (Å²) in [6.45, 7) is 0.877. The fourth-order valence-electron chi connectivity index (χ4n) is 1.99. The van der Waals surface area contributed by atoms with Gasteiger partial charge in [0, 0.05) is 26.8 Å². The van der Waals surface area contributed by atoms with Crippen LogP contribution in [0.3, 0.4) is 0 Å². The molecule has 1 atom stereocenters. The molecule has 21 heavy (non-hydrogen) atoms. The van der Waals surface area contributed by atoms with Crippen LogP contribution >= 0.6 is 0 Å². The van der Waals surface area contributed by atoms with Gasteiger partial charge in [-0.1, -0.05) is 0 Å². The second-order valence-electron chi connectivity index (χ2n) is 4.76. The van der Waals surface area contributed by atoms with Crippen LogP contribution in [-0.2, 0) is 19.6 Å². The highest BCUT2D eigenvalue weighted by Gasteiger charge is 2.30. The largest absolute Gasteiger partial charge is 0.480 e. The molecule has 0 saturated carbocycles. The first-order valence-electron chi connectivity index (χ1n) is 6.30. The number of nitrogens with zero attached hydrogens (tertiary/aromatic N) is 3. The van der Waals surface area contributed by atoms with Crippen molar-refractivity contribution in [2.24, 2.45) is 0 Å². The topological polar surface area (TPSA) is 100 Å². The number of aliphatic carboxylic acids is 1. The number of hydrogen-bond acceptors (Lipinski definition) is 6. The predicted molar refractivity (Wildman–Crippen MR) is 74.7 cm³/mol. The van der Waals surface area contributed by atoms with E-state index in [-0.39, 0.29) is 11.5 Å². The molecule has 2 heterocycles. The van der Waals surface area contributed by atoms with Gasteiger partial charge in [-0.25, -0.2) is 22.5 Å². The third kappa shape index (κ3) is 3.14. The van der Waals surface area contributed by atoms with Gasteiger partial charge in [-0.2, -0.15) is 0 Å². The highest BCUT2D eigenvalue weighted by molar-refractivity contribution is 7.89. The lowest BCUT2D eigenvalue weighted by molar-refractivity contribution is -0.141. The highest BCUT2D eigenvalue weighted by atomic mass is 32.2. The first-order chi connectivity index (χ1) is 9.84. The zero-order valence-corrected chi connectivity index (χ0v) is 12.6. The van der Waals surface area contributed by atoms with E-state index in [4.69, 9.17) is 4.74 Å². The minimum absolute atomic E-state index is 0.0661. The molecule has 1 N–H and O–H groups in total. The van der Waals surface area contributed by atoms with Crippen LogP contribution in [0.1, 0.15) is 0 Å². The Morgan fingerprint density at radius 1 is 1.48 bits per heavy atom. The first kappa shape index (κ1) is 15.7. The van der Waals surface area contributed by atoms with E-state index in [9.17, 15) is 18.3 Å². The molecule has 0 aromatic carbocycles. The molecule has 8 nitrogen and oxygen atoms in total. The second-order valence-corrected chi connectivity index (χ2v) is 6.91. The molecule has 0 radical (unpaired) electrons. The lowest BCUT2D eigenvalue weighted by atomic mass is 10.2. The van der Waals surface area contributed by atoms with Gasteiger partial charge in [0.2, 0.25) is 10.0 Å². The number of aromatic nitrogens is 1. The third-order valence-electron chi connectivity index (χ3n) is 3.21. The Balaban J connectivity index is 2.28. The van der Waals surface area contributed by atoms with Crippen molar-refractivity contribution in [1.29, 1.82) is 0 Å². The van der Waals surface area contributed by atoms with Gasteiger partial charge in [0.15, 0.2) is 6.04 Å². The third-order valence-corrected chi connectivity index (χ3v) is 5.01. The van der Waals surface area contributed by atoms with Crippen LogP contribution < -0.4 is 4.90 Å². The Hall–Kier alpha value is -1.71. The van der Waals surface area contributed by atoms with Crippen LogP contribution in [0.2, 0.25) is 0 Å². The van der Waals surface area contributed by atoms with Gasteiger partial charge in [0.1, 0.15) is 10.7 Å². The molecule has 1 aromatic rings. The van der Waals surface area contributed by atoms with Gasteiger partial charge in [-0.3, -0.25) is 0 Å². The van der Waals surface area contributed by atoms with Crippen LogP contribution in [0, 0.1) is 0 Å². The Kier molecular flexibility index (Phi) is 4.45. The molecule has 1 saturated heterocycles. The Labute approximate surface area is 123 Å². The van der Waals surface area contributed by atoms with Crippen LogP contribution in [0.25, 0.3) is 0 Å². The molecule has 9 heteroatoms. The molecular weight excluding hydrogens is 298 g/mol. The lowest BCUT2D eigenvalue weighted by Gasteiger charge is -2.33. The van der Waals surface area contributed by atoms with Crippen molar-refractivity contribution < 1.29 is 23.1 Å². The molecule has 1 aliphatic heterocycles. The molecule has 1 unspecified atom stereocenters. The van der Waals surface area contributed by atoms with E-state index in [2.05, 4.69) is 4.98 Å². The van der Waals surface area contributed by atoms with Gasteiger partial charge in [-0.15, -0.1) is 0 Å². The number of ether oxygens (including phenoxy) is 1. The average Bonchev–Trinajstić information content (AvgIpc) is 2.47. The summed E-state index contributed by atoms with van der Waals surface area (Å²) in [5.74, 6) is -0.579. The number of carbonyl (C=O) groups is 1. The number of carboxylic acid groups (broad SMARTS) is 1. The van der Waals surface area contributed by atoms with Crippen molar-refractivity contribution in [1.82, 2.24) is 9.29 Å². The molecule has 1 aromatic heterocycles. The van der Waals surface area contributed by atoms with Crippen molar-refractivity contribution in [2.75, 3.05) is 38.8 Å². The Morgan fingerprint density at radius 2 is 2.19 bits per heavy atom. The van der Waals surface area contributed by atoms with Crippen LogP contribution in [-0.4, -0.2) is 68.7 Å². The molecule has 1 fully saturated rings. The van der Waals surface area contributed by atoms with Gasteiger partial charge in [-0.05, 0) is 12.1 Å². The van der Waals surface area contributed by atoms with E-state index < -0.39 is 22.0 Å². The standard InChI is InChI=1S/C12H17N3O5S/c1-14(2)21(18,19)9-3-4-11(13-7-9)15-5-6-20-8-10(15)12(16)17/h3-4,7,10H,5-6,8H2,1-2H3,(H,16,17). The fraction of sp³-hybridized carbons (Fsp3) is 0.500. The molecule has 2 rings (SSSR count). The maximum absolute atomic E-state index is 12.0. The minimum atomic E-state index is -3.54. The number of anilines is 1. The highest BCUT2D eigenvalue weighted by Crippen LogP contribution is 2.20. The van der Waals surface area contributed by atoms with E-state index in [1.54, 1.807) is 4.90 Å². The molecule has 0 amide bonds. The van der Waals surface area contributed by atoms with E-state index in [0.717, 1.165) is 4.31 Å². The van der Waals surface area contributed by atoms with Gasteiger partial charge in [0.05, 0.1) is 13.2 Å². The minimum Gasteiger partial charge on any atom is -0.480 e. The fourth-order valence-corrected chi connectivity index (χ4v) is 2.84. The maximum atomic E-state index is 12.0. The molecule has 0 bridgehead atoms. The molecule has 116 valence electrons. The van der Waals surface area contributed by atoms with Gasteiger partial charge < -0.3 is 14.7 Å². The normalized spacial score (nSPS) is 19.8. The van der Waals surface area contributed by atoms with E-state index in [1.807, 2.05) is 0 Å². The van der Waals surface area contributed by atoms with E-state index >= 15 is 0 Å². The summed E-state index contributed by atoms with van der Waals surface area (Å²) in [7, 11) is -0.671.